The Hall–Kier alpha value is -0.920. The Morgan fingerprint density at radius 2 is 2.00 bits per heavy atom. The first kappa shape index (κ1) is 10.1. The van der Waals surface area contributed by atoms with Crippen molar-refractivity contribution in [2.24, 2.45) is 0 Å². The van der Waals surface area contributed by atoms with Crippen molar-refractivity contribution in [3.05, 3.63) is 24.7 Å². The van der Waals surface area contributed by atoms with Gasteiger partial charge in [0.1, 0.15) is 0 Å². The topological polar surface area (TPSA) is 6.48 Å². The van der Waals surface area contributed by atoms with E-state index in [4.69, 9.17) is 0 Å². The third-order valence-corrected chi connectivity index (χ3v) is 1.66. The summed E-state index contributed by atoms with van der Waals surface area (Å²) in [6.07, 6.45) is 3.90. The van der Waals surface area contributed by atoms with Gasteiger partial charge in [0.25, 0.3) is 0 Å². The third-order valence-electron chi connectivity index (χ3n) is 1.66. The Morgan fingerprint density at radius 3 is 2.27 bits per heavy atom. The lowest BCUT2D eigenvalue weighted by molar-refractivity contribution is 0.467. The molecule has 0 aliphatic heterocycles. The molecule has 0 aromatic rings. The predicted octanol–water partition coefficient (Wildman–Crippen LogP) is 1.87. The summed E-state index contributed by atoms with van der Waals surface area (Å²) >= 11 is 0. The van der Waals surface area contributed by atoms with Crippen molar-refractivity contribution in [2.45, 2.75) is 13.8 Å². The van der Waals surface area contributed by atoms with Crippen LogP contribution in [-0.4, -0.2) is 30.4 Å². The zero-order valence-electron chi connectivity index (χ0n) is 7.96. The number of allylic oxidation sites excluding steroid dienone is 1. The molecule has 0 saturated heterocycles. The van der Waals surface area contributed by atoms with E-state index in [1.807, 2.05) is 20.3 Å². The molecule has 0 aromatic carbocycles. The highest BCUT2D eigenvalue weighted by atomic mass is 15.1. The fourth-order valence-electron chi connectivity index (χ4n) is 0.629. The van der Waals surface area contributed by atoms with E-state index in [9.17, 15) is 0 Å². The SMILES string of the molecule is C=CN(/C=C(/C)N(C)C)CC. The molecule has 0 aliphatic rings. The number of hydrogen-bond acceptors (Lipinski definition) is 2. The fraction of sp³-hybridized carbons (Fsp3) is 0.556. The molecule has 0 aromatic heterocycles. The van der Waals surface area contributed by atoms with Gasteiger partial charge in [-0.3, -0.25) is 0 Å². The Balaban J connectivity index is 4.14. The molecule has 0 heterocycles. The number of hydrogen-bond donors (Lipinski definition) is 0. The second-order valence-electron chi connectivity index (χ2n) is 2.68. The minimum absolute atomic E-state index is 0.967. The molecule has 2 nitrogen and oxygen atoms in total. The molecule has 0 fully saturated rings. The van der Waals surface area contributed by atoms with Crippen LogP contribution < -0.4 is 0 Å². The highest BCUT2D eigenvalue weighted by molar-refractivity contribution is 4.97. The highest BCUT2D eigenvalue weighted by Crippen LogP contribution is 1.99. The second-order valence-corrected chi connectivity index (χ2v) is 2.68. The molecule has 0 radical (unpaired) electrons. The van der Waals surface area contributed by atoms with Crippen molar-refractivity contribution in [3.8, 4) is 0 Å². The average Bonchev–Trinajstić information content (AvgIpc) is 1.99. The fourth-order valence-corrected chi connectivity index (χ4v) is 0.629. The smallest absolute Gasteiger partial charge is 0.0261 e. The summed E-state index contributed by atoms with van der Waals surface area (Å²) in [5, 5.41) is 0. The van der Waals surface area contributed by atoms with Crippen LogP contribution in [0.4, 0.5) is 0 Å². The Bertz CT molecular complexity index is 148. The van der Waals surface area contributed by atoms with Crippen LogP contribution in [0.5, 0.6) is 0 Å². The summed E-state index contributed by atoms with van der Waals surface area (Å²) in [6.45, 7) is 8.85. The molecular formula is C9H18N2. The van der Waals surface area contributed by atoms with Gasteiger partial charge in [0.15, 0.2) is 0 Å². The third kappa shape index (κ3) is 3.71. The first-order valence-corrected chi connectivity index (χ1v) is 3.85. The van der Waals surface area contributed by atoms with Gasteiger partial charge in [0.2, 0.25) is 0 Å². The normalized spacial score (nSPS) is 11.1. The van der Waals surface area contributed by atoms with E-state index in [1.165, 1.54) is 5.70 Å². The lowest BCUT2D eigenvalue weighted by Crippen LogP contribution is -2.14. The van der Waals surface area contributed by atoms with Crippen LogP contribution in [0.25, 0.3) is 0 Å². The molecule has 2 heteroatoms. The molecular weight excluding hydrogens is 136 g/mol. The van der Waals surface area contributed by atoms with Gasteiger partial charge < -0.3 is 9.80 Å². The van der Waals surface area contributed by atoms with Crippen LogP contribution in [0.2, 0.25) is 0 Å². The quantitative estimate of drug-likeness (QED) is 0.610. The van der Waals surface area contributed by atoms with E-state index >= 15 is 0 Å². The Kier molecular flexibility index (Phi) is 4.42. The van der Waals surface area contributed by atoms with Gasteiger partial charge in [-0.15, -0.1) is 0 Å². The molecule has 0 atom stereocenters. The standard InChI is InChI=1S/C9H18N2/c1-6-11(7-2)8-9(3)10(4)5/h6,8H,1,7H2,2-5H3/b9-8-. The van der Waals surface area contributed by atoms with Crippen LogP contribution in [0.15, 0.2) is 24.7 Å². The summed E-state index contributed by atoms with van der Waals surface area (Å²) in [6, 6.07) is 0. The number of nitrogens with zero attached hydrogens (tertiary/aromatic N) is 2. The van der Waals surface area contributed by atoms with Gasteiger partial charge in [0, 0.05) is 32.5 Å². The van der Waals surface area contributed by atoms with E-state index in [1.54, 1.807) is 0 Å². The van der Waals surface area contributed by atoms with E-state index in [-0.39, 0.29) is 0 Å². The van der Waals surface area contributed by atoms with Gasteiger partial charge in [-0.1, -0.05) is 6.58 Å². The van der Waals surface area contributed by atoms with Gasteiger partial charge in [-0.2, -0.15) is 0 Å². The maximum Gasteiger partial charge on any atom is 0.0261 e. The summed E-state index contributed by atoms with van der Waals surface area (Å²) in [5.74, 6) is 0. The Morgan fingerprint density at radius 1 is 1.45 bits per heavy atom. The average molecular weight is 154 g/mol. The molecule has 0 aliphatic carbocycles. The molecule has 0 spiro atoms. The van der Waals surface area contributed by atoms with Gasteiger partial charge in [-0.05, 0) is 20.0 Å². The molecule has 0 unspecified atom stereocenters. The minimum Gasteiger partial charge on any atom is -0.380 e. The van der Waals surface area contributed by atoms with Crippen LogP contribution in [0.3, 0.4) is 0 Å². The zero-order chi connectivity index (χ0) is 8.85. The van der Waals surface area contributed by atoms with Gasteiger partial charge in [-0.25, -0.2) is 0 Å². The lowest BCUT2D eigenvalue weighted by Gasteiger charge is -2.18. The lowest BCUT2D eigenvalue weighted by atomic mass is 10.4. The molecule has 0 N–H and O–H groups in total. The Labute approximate surface area is 69.8 Å². The van der Waals surface area contributed by atoms with Crippen LogP contribution in [0.1, 0.15) is 13.8 Å². The summed E-state index contributed by atoms with van der Waals surface area (Å²) in [4.78, 5) is 4.13. The predicted molar refractivity (Wildman–Crippen MR) is 50.0 cm³/mol. The van der Waals surface area contributed by atoms with Crippen molar-refractivity contribution in [3.63, 3.8) is 0 Å². The van der Waals surface area contributed by atoms with E-state index in [0.717, 1.165) is 6.54 Å². The zero-order valence-corrected chi connectivity index (χ0v) is 7.96. The van der Waals surface area contributed by atoms with Crippen LogP contribution in [0, 0.1) is 0 Å². The van der Waals surface area contributed by atoms with Crippen molar-refractivity contribution < 1.29 is 0 Å². The largest absolute Gasteiger partial charge is 0.380 e. The summed E-state index contributed by atoms with van der Waals surface area (Å²) in [7, 11) is 4.06. The molecule has 0 saturated carbocycles. The molecule has 0 bridgehead atoms. The van der Waals surface area contributed by atoms with E-state index in [2.05, 4.69) is 36.4 Å². The first-order valence-electron chi connectivity index (χ1n) is 3.85. The van der Waals surface area contributed by atoms with Crippen molar-refractivity contribution in [1.82, 2.24) is 9.80 Å². The highest BCUT2D eigenvalue weighted by Gasteiger charge is 1.93. The van der Waals surface area contributed by atoms with Gasteiger partial charge >= 0.3 is 0 Å². The van der Waals surface area contributed by atoms with Crippen molar-refractivity contribution in [2.75, 3.05) is 20.6 Å². The number of rotatable bonds is 4. The second kappa shape index (κ2) is 4.83. The van der Waals surface area contributed by atoms with Crippen molar-refractivity contribution >= 4 is 0 Å². The summed E-state index contributed by atoms with van der Waals surface area (Å²) < 4.78 is 0. The monoisotopic (exact) mass is 154 g/mol. The first-order chi connectivity index (χ1) is 5.11. The molecule has 0 rings (SSSR count). The van der Waals surface area contributed by atoms with Crippen LogP contribution in [-0.2, 0) is 0 Å². The maximum absolute atomic E-state index is 3.71. The molecule has 11 heavy (non-hydrogen) atoms. The van der Waals surface area contributed by atoms with E-state index < -0.39 is 0 Å². The van der Waals surface area contributed by atoms with Crippen LogP contribution >= 0.6 is 0 Å². The molecule has 0 amide bonds. The molecule has 64 valence electrons. The maximum atomic E-state index is 3.71. The van der Waals surface area contributed by atoms with Crippen molar-refractivity contribution in [1.29, 1.82) is 0 Å². The minimum atomic E-state index is 0.967. The van der Waals surface area contributed by atoms with Gasteiger partial charge in [0.05, 0.1) is 0 Å². The van der Waals surface area contributed by atoms with E-state index in [0.29, 0.717) is 0 Å². The summed E-state index contributed by atoms with van der Waals surface area (Å²) in [5.41, 5.74) is 1.23.